The monoisotopic (exact) mass is 665 g/mol. The first-order chi connectivity index (χ1) is 25.7. The van der Waals surface area contributed by atoms with Crippen molar-refractivity contribution in [1.29, 1.82) is 0 Å². The number of fused-ring (bicyclic) bond motifs is 9. The second-order valence-electron chi connectivity index (χ2n) is 14.2. The summed E-state index contributed by atoms with van der Waals surface area (Å²) in [6, 6.07) is 60.1. The summed E-state index contributed by atoms with van der Waals surface area (Å²) in [7, 11) is 0. The molecule has 3 nitrogen and oxygen atoms in total. The van der Waals surface area contributed by atoms with Crippen molar-refractivity contribution in [1.82, 2.24) is 13.7 Å². The van der Waals surface area contributed by atoms with E-state index in [2.05, 4.69) is 197 Å². The number of benzene rings is 7. The van der Waals surface area contributed by atoms with E-state index in [1.807, 2.05) is 0 Å². The zero-order valence-corrected chi connectivity index (χ0v) is 28.9. The van der Waals surface area contributed by atoms with E-state index in [0.29, 0.717) is 5.92 Å². The van der Waals surface area contributed by atoms with E-state index < -0.39 is 0 Å². The van der Waals surface area contributed by atoms with Crippen LogP contribution in [0.3, 0.4) is 0 Å². The molecule has 1 atom stereocenters. The Kier molecular flexibility index (Phi) is 6.29. The maximum atomic E-state index is 2.46. The van der Waals surface area contributed by atoms with E-state index in [1.54, 1.807) is 0 Å². The van der Waals surface area contributed by atoms with Crippen molar-refractivity contribution in [3.05, 3.63) is 181 Å². The van der Waals surface area contributed by atoms with Gasteiger partial charge in [-0.25, -0.2) is 0 Å². The van der Waals surface area contributed by atoms with Crippen molar-refractivity contribution in [2.24, 2.45) is 0 Å². The molecule has 52 heavy (non-hydrogen) atoms. The lowest BCUT2D eigenvalue weighted by molar-refractivity contribution is 0.773. The Hall–Kier alpha value is -6.58. The first-order valence-electron chi connectivity index (χ1n) is 18.3. The Morgan fingerprint density at radius 1 is 0.404 bits per heavy atom. The first kappa shape index (κ1) is 29.2. The Bertz CT molecular complexity index is 3040. The zero-order valence-electron chi connectivity index (χ0n) is 28.9. The van der Waals surface area contributed by atoms with Gasteiger partial charge >= 0.3 is 0 Å². The van der Waals surface area contributed by atoms with Gasteiger partial charge in [0.2, 0.25) is 0 Å². The standard InChI is InChI=1S/C49H35N3/c1-32-13-12-22-48-49(32)42-31-37(25-28-47(42)51(48)36-16-6-3-7-17-36)52-44-21-11-9-19-39(44)41-30-34(24-27-46(41)52)33-23-26-45-40(29-33)38-18-8-10-20-43(38)50(45)35-14-4-2-5-15-35/h2-12,14-32H,13H2,1H3. The molecule has 0 saturated heterocycles. The molecule has 246 valence electrons. The van der Waals surface area contributed by atoms with Crippen LogP contribution in [0.1, 0.15) is 30.5 Å². The van der Waals surface area contributed by atoms with Gasteiger partial charge in [0.05, 0.1) is 27.6 Å². The third-order valence-corrected chi connectivity index (χ3v) is 11.3. The molecular weight excluding hydrogens is 631 g/mol. The van der Waals surface area contributed by atoms with Crippen LogP contribution in [0.15, 0.2) is 170 Å². The summed E-state index contributed by atoms with van der Waals surface area (Å²) in [5.41, 5.74) is 14.9. The van der Waals surface area contributed by atoms with Crippen LogP contribution in [0.25, 0.3) is 88.8 Å². The van der Waals surface area contributed by atoms with Crippen molar-refractivity contribution in [3.8, 4) is 28.2 Å². The summed E-state index contributed by atoms with van der Waals surface area (Å²) >= 11 is 0. The minimum Gasteiger partial charge on any atom is -0.310 e. The summed E-state index contributed by atoms with van der Waals surface area (Å²) in [6.45, 7) is 2.36. The quantitative estimate of drug-likeness (QED) is 0.178. The van der Waals surface area contributed by atoms with Gasteiger partial charge in [-0.2, -0.15) is 0 Å². The summed E-state index contributed by atoms with van der Waals surface area (Å²) in [4.78, 5) is 0. The molecule has 0 saturated carbocycles. The van der Waals surface area contributed by atoms with Crippen LogP contribution in [0.4, 0.5) is 0 Å². The van der Waals surface area contributed by atoms with Crippen LogP contribution < -0.4 is 0 Å². The summed E-state index contributed by atoms with van der Waals surface area (Å²) in [6.07, 6.45) is 5.71. The normalized spacial score (nSPS) is 14.3. The molecular formula is C49H35N3. The predicted molar refractivity (Wildman–Crippen MR) is 219 cm³/mol. The number of para-hydroxylation sites is 4. The molecule has 1 aliphatic carbocycles. The highest BCUT2D eigenvalue weighted by Crippen LogP contribution is 2.42. The van der Waals surface area contributed by atoms with E-state index in [0.717, 1.165) is 6.42 Å². The van der Waals surface area contributed by atoms with Crippen molar-refractivity contribution in [3.63, 3.8) is 0 Å². The first-order valence-corrected chi connectivity index (χ1v) is 18.3. The Morgan fingerprint density at radius 3 is 1.50 bits per heavy atom. The van der Waals surface area contributed by atoms with Crippen molar-refractivity contribution < 1.29 is 0 Å². The van der Waals surface area contributed by atoms with Gasteiger partial charge in [-0.15, -0.1) is 0 Å². The molecule has 1 unspecified atom stereocenters. The molecule has 0 spiro atoms. The zero-order chi connectivity index (χ0) is 34.3. The van der Waals surface area contributed by atoms with Gasteiger partial charge < -0.3 is 13.7 Å². The molecule has 3 heterocycles. The number of hydrogen-bond donors (Lipinski definition) is 0. The lowest BCUT2D eigenvalue weighted by atomic mass is 9.90. The van der Waals surface area contributed by atoms with Crippen LogP contribution in [-0.2, 0) is 0 Å². The van der Waals surface area contributed by atoms with Crippen LogP contribution in [0, 0.1) is 0 Å². The molecule has 10 aromatic rings. The molecule has 0 bridgehead atoms. The highest BCUT2D eigenvalue weighted by Gasteiger charge is 2.24. The van der Waals surface area contributed by atoms with Crippen LogP contribution >= 0.6 is 0 Å². The number of hydrogen-bond acceptors (Lipinski definition) is 0. The fourth-order valence-electron chi connectivity index (χ4n) is 8.94. The van der Waals surface area contributed by atoms with E-state index in [-0.39, 0.29) is 0 Å². The van der Waals surface area contributed by atoms with Crippen molar-refractivity contribution in [2.75, 3.05) is 0 Å². The third-order valence-electron chi connectivity index (χ3n) is 11.3. The number of allylic oxidation sites excluding steroid dienone is 1. The highest BCUT2D eigenvalue weighted by molar-refractivity contribution is 6.13. The van der Waals surface area contributed by atoms with E-state index >= 15 is 0 Å². The number of rotatable bonds is 4. The number of aromatic nitrogens is 3. The summed E-state index contributed by atoms with van der Waals surface area (Å²) in [5.74, 6) is 0.447. The summed E-state index contributed by atoms with van der Waals surface area (Å²) in [5, 5.41) is 6.40. The fourth-order valence-corrected chi connectivity index (χ4v) is 8.94. The Morgan fingerprint density at radius 2 is 0.885 bits per heavy atom. The van der Waals surface area contributed by atoms with E-state index in [4.69, 9.17) is 0 Å². The molecule has 7 aromatic carbocycles. The molecule has 1 aliphatic rings. The topological polar surface area (TPSA) is 14.8 Å². The van der Waals surface area contributed by atoms with E-state index in [9.17, 15) is 0 Å². The maximum Gasteiger partial charge on any atom is 0.0541 e. The van der Waals surface area contributed by atoms with Gasteiger partial charge in [0, 0.05) is 49.7 Å². The van der Waals surface area contributed by atoms with Gasteiger partial charge in [-0.3, -0.25) is 0 Å². The second kappa shape index (κ2) is 11.2. The van der Waals surface area contributed by atoms with Crippen molar-refractivity contribution in [2.45, 2.75) is 19.3 Å². The summed E-state index contributed by atoms with van der Waals surface area (Å²) < 4.78 is 7.28. The van der Waals surface area contributed by atoms with Gasteiger partial charge in [0.15, 0.2) is 0 Å². The molecule has 0 N–H and O–H groups in total. The molecule has 0 radical (unpaired) electrons. The van der Waals surface area contributed by atoms with Crippen LogP contribution in [0.2, 0.25) is 0 Å². The Balaban J connectivity index is 1.10. The average Bonchev–Trinajstić information content (AvgIpc) is 3.84. The van der Waals surface area contributed by atoms with E-state index in [1.165, 1.54) is 94.0 Å². The van der Waals surface area contributed by atoms with Gasteiger partial charge in [-0.05, 0) is 114 Å². The van der Waals surface area contributed by atoms with Crippen molar-refractivity contribution >= 4 is 60.6 Å². The lowest BCUT2D eigenvalue weighted by Gasteiger charge is -2.16. The lowest BCUT2D eigenvalue weighted by Crippen LogP contribution is -2.02. The molecule has 0 fully saturated rings. The van der Waals surface area contributed by atoms with Gasteiger partial charge in [0.25, 0.3) is 0 Å². The molecule has 0 amide bonds. The Labute approximate surface area is 301 Å². The SMILES string of the molecule is CC1CC=Cc2c1c1cc(-n3c4ccccc4c4cc(-c5ccc6c(c5)c5ccccc5n6-c5ccccc5)ccc43)ccc1n2-c1ccccc1. The second-order valence-corrected chi connectivity index (χ2v) is 14.2. The largest absolute Gasteiger partial charge is 0.310 e. The van der Waals surface area contributed by atoms with Crippen LogP contribution in [-0.4, -0.2) is 13.7 Å². The van der Waals surface area contributed by atoms with Crippen LogP contribution in [0.5, 0.6) is 0 Å². The predicted octanol–water partition coefficient (Wildman–Crippen LogP) is 13.0. The molecule has 3 aromatic heterocycles. The third kappa shape index (κ3) is 4.20. The fraction of sp³-hybridized carbons (Fsp3) is 0.0612. The van der Waals surface area contributed by atoms with Gasteiger partial charge in [-0.1, -0.05) is 97.9 Å². The highest BCUT2D eigenvalue weighted by atomic mass is 15.0. The molecule has 0 aliphatic heterocycles. The number of nitrogens with zero attached hydrogens (tertiary/aromatic N) is 3. The minimum atomic E-state index is 0.447. The smallest absolute Gasteiger partial charge is 0.0541 e. The average molecular weight is 666 g/mol. The van der Waals surface area contributed by atoms with Gasteiger partial charge in [0.1, 0.15) is 0 Å². The maximum absolute atomic E-state index is 2.46. The molecule has 3 heteroatoms. The minimum absolute atomic E-state index is 0.447. The molecule has 11 rings (SSSR count).